The molecule has 0 radical (unpaired) electrons. The average molecular weight is 442 g/mol. The minimum absolute atomic E-state index is 0.00654. The van der Waals surface area contributed by atoms with Crippen LogP contribution >= 0.6 is 11.8 Å². The van der Waals surface area contributed by atoms with Gasteiger partial charge < -0.3 is 5.32 Å². The van der Waals surface area contributed by atoms with E-state index in [1.165, 1.54) is 52.1 Å². The van der Waals surface area contributed by atoms with E-state index in [1.807, 2.05) is 26.0 Å². The van der Waals surface area contributed by atoms with Gasteiger partial charge in [0.2, 0.25) is 5.91 Å². The highest BCUT2D eigenvalue weighted by atomic mass is 32.2. The SMILES string of the molecule is CC1=NN=C(SCC(=O)Nc2ccc(C)cc2C)C1c1ccc(C2CC2)c2ccccc12. The molecule has 0 saturated heterocycles. The fourth-order valence-corrected chi connectivity index (χ4v) is 5.43. The van der Waals surface area contributed by atoms with Crippen molar-refractivity contribution in [1.29, 1.82) is 0 Å². The molecule has 1 fully saturated rings. The lowest BCUT2D eigenvalue weighted by Crippen LogP contribution is -2.19. The molecule has 0 bridgehead atoms. The smallest absolute Gasteiger partial charge is 0.234 e. The zero-order valence-electron chi connectivity index (χ0n) is 18.7. The van der Waals surface area contributed by atoms with Crippen molar-refractivity contribution in [2.75, 3.05) is 11.1 Å². The van der Waals surface area contributed by atoms with Crippen LogP contribution in [0.25, 0.3) is 10.8 Å². The lowest BCUT2D eigenvalue weighted by Gasteiger charge is -2.18. The van der Waals surface area contributed by atoms with E-state index in [9.17, 15) is 4.79 Å². The molecule has 1 amide bonds. The predicted molar refractivity (Wildman–Crippen MR) is 136 cm³/mol. The van der Waals surface area contributed by atoms with Crippen LogP contribution in [0.15, 0.2) is 64.8 Å². The number of aryl methyl sites for hydroxylation is 2. The number of hydrogen-bond donors (Lipinski definition) is 1. The standard InChI is InChI=1S/C27H27N3OS/c1-16-8-13-24(17(2)14-16)28-25(31)15-32-27-26(18(3)29-30-27)23-12-11-20(19-9-10-19)21-6-4-5-7-22(21)23/h4-8,11-14,19,26H,9-10,15H2,1-3H3,(H,28,31). The van der Waals surface area contributed by atoms with Gasteiger partial charge in [0.05, 0.1) is 17.4 Å². The Kier molecular flexibility index (Phi) is 5.60. The van der Waals surface area contributed by atoms with Crippen LogP contribution in [0.3, 0.4) is 0 Å². The first-order valence-corrected chi connectivity index (χ1v) is 12.1. The molecule has 1 aliphatic carbocycles. The van der Waals surface area contributed by atoms with Gasteiger partial charge >= 0.3 is 0 Å². The predicted octanol–water partition coefficient (Wildman–Crippen LogP) is 6.58. The third-order valence-electron chi connectivity index (χ3n) is 6.30. The highest BCUT2D eigenvalue weighted by Gasteiger charge is 2.31. The topological polar surface area (TPSA) is 53.8 Å². The molecule has 0 aromatic heterocycles. The van der Waals surface area contributed by atoms with Crippen molar-refractivity contribution in [2.45, 2.75) is 45.4 Å². The van der Waals surface area contributed by atoms with Gasteiger partial charge in [-0.05, 0) is 73.1 Å². The van der Waals surface area contributed by atoms with E-state index in [4.69, 9.17) is 0 Å². The summed E-state index contributed by atoms with van der Waals surface area (Å²) in [5, 5.41) is 15.4. The van der Waals surface area contributed by atoms with E-state index in [2.05, 4.69) is 64.9 Å². The van der Waals surface area contributed by atoms with Crippen molar-refractivity contribution in [3.63, 3.8) is 0 Å². The normalized spacial score (nSPS) is 17.9. The molecule has 1 heterocycles. The summed E-state index contributed by atoms with van der Waals surface area (Å²) in [5.41, 5.74) is 6.78. The van der Waals surface area contributed by atoms with Crippen LogP contribution in [-0.4, -0.2) is 22.4 Å². The van der Waals surface area contributed by atoms with Gasteiger partial charge in [-0.25, -0.2) is 0 Å². The van der Waals surface area contributed by atoms with Gasteiger partial charge in [0.25, 0.3) is 0 Å². The molecule has 162 valence electrons. The summed E-state index contributed by atoms with van der Waals surface area (Å²) in [7, 11) is 0. The summed E-state index contributed by atoms with van der Waals surface area (Å²) in [4.78, 5) is 12.6. The number of anilines is 1. The van der Waals surface area contributed by atoms with Crippen molar-refractivity contribution in [3.8, 4) is 0 Å². The van der Waals surface area contributed by atoms with Crippen molar-refractivity contribution in [1.82, 2.24) is 0 Å². The van der Waals surface area contributed by atoms with Gasteiger partial charge in [-0.1, -0.05) is 65.9 Å². The Morgan fingerprint density at radius 1 is 0.969 bits per heavy atom. The number of carbonyl (C=O) groups is 1. The fourth-order valence-electron chi connectivity index (χ4n) is 4.52. The number of thioether (sulfide) groups is 1. The molecule has 3 aromatic carbocycles. The molecule has 32 heavy (non-hydrogen) atoms. The average Bonchev–Trinajstić information content (AvgIpc) is 3.56. The van der Waals surface area contributed by atoms with Gasteiger partial charge in [-0.15, -0.1) is 5.10 Å². The highest BCUT2D eigenvalue weighted by molar-refractivity contribution is 8.14. The lowest BCUT2D eigenvalue weighted by atomic mass is 9.88. The molecule has 1 saturated carbocycles. The van der Waals surface area contributed by atoms with Crippen LogP contribution in [-0.2, 0) is 4.79 Å². The molecule has 1 N–H and O–H groups in total. The second kappa shape index (κ2) is 8.55. The van der Waals surface area contributed by atoms with Gasteiger partial charge in [-0.3, -0.25) is 4.79 Å². The number of benzene rings is 3. The molecule has 2 aliphatic rings. The Morgan fingerprint density at radius 3 is 2.41 bits per heavy atom. The zero-order valence-corrected chi connectivity index (χ0v) is 19.5. The monoisotopic (exact) mass is 441 g/mol. The van der Waals surface area contributed by atoms with Crippen molar-refractivity contribution < 1.29 is 4.79 Å². The van der Waals surface area contributed by atoms with Gasteiger partial charge in [0, 0.05) is 5.69 Å². The Bertz CT molecular complexity index is 1270. The van der Waals surface area contributed by atoms with E-state index in [0.717, 1.165) is 22.0 Å². The molecule has 5 heteroatoms. The van der Waals surface area contributed by atoms with E-state index < -0.39 is 0 Å². The number of hydrogen-bond acceptors (Lipinski definition) is 4. The lowest BCUT2D eigenvalue weighted by molar-refractivity contribution is -0.113. The summed E-state index contributed by atoms with van der Waals surface area (Å²) >= 11 is 1.48. The summed E-state index contributed by atoms with van der Waals surface area (Å²) in [6.45, 7) is 6.09. The van der Waals surface area contributed by atoms with Crippen LogP contribution in [0, 0.1) is 13.8 Å². The molecule has 5 rings (SSSR count). The molecule has 1 unspecified atom stereocenters. The summed E-state index contributed by atoms with van der Waals surface area (Å²) in [6, 6.07) is 19.2. The fraction of sp³-hybridized carbons (Fsp3) is 0.296. The Labute approximate surface area is 193 Å². The van der Waals surface area contributed by atoms with E-state index in [-0.39, 0.29) is 11.8 Å². The van der Waals surface area contributed by atoms with E-state index >= 15 is 0 Å². The Hall–Kier alpha value is -2.92. The summed E-state index contributed by atoms with van der Waals surface area (Å²) in [6.07, 6.45) is 2.57. The largest absolute Gasteiger partial charge is 0.325 e. The number of nitrogens with zero attached hydrogens (tertiary/aromatic N) is 2. The van der Waals surface area contributed by atoms with Gasteiger partial charge in [-0.2, -0.15) is 5.10 Å². The van der Waals surface area contributed by atoms with Gasteiger partial charge in [0.15, 0.2) is 0 Å². The molecule has 3 aromatic rings. The quantitative estimate of drug-likeness (QED) is 0.486. The molecular weight excluding hydrogens is 414 g/mol. The van der Waals surface area contributed by atoms with Crippen LogP contribution in [0.4, 0.5) is 5.69 Å². The highest BCUT2D eigenvalue weighted by Crippen LogP contribution is 2.45. The maximum atomic E-state index is 12.6. The molecule has 1 aliphatic heterocycles. The summed E-state index contributed by atoms with van der Waals surface area (Å²) < 4.78 is 0. The van der Waals surface area contributed by atoms with Crippen LogP contribution in [0.1, 0.15) is 53.9 Å². The first kappa shape index (κ1) is 21.0. The molecule has 1 atom stereocenters. The second-order valence-electron chi connectivity index (χ2n) is 8.83. The number of rotatable bonds is 5. The molecular formula is C27H27N3OS. The Balaban J connectivity index is 1.35. The minimum Gasteiger partial charge on any atom is -0.325 e. The van der Waals surface area contributed by atoms with Crippen LogP contribution in [0.2, 0.25) is 0 Å². The van der Waals surface area contributed by atoms with E-state index in [1.54, 1.807) is 0 Å². The zero-order chi connectivity index (χ0) is 22.2. The maximum absolute atomic E-state index is 12.6. The van der Waals surface area contributed by atoms with Crippen molar-refractivity contribution in [3.05, 3.63) is 76.9 Å². The van der Waals surface area contributed by atoms with E-state index in [0.29, 0.717) is 11.7 Å². The number of nitrogens with one attached hydrogen (secondary N) is 1. The molecule has 0 spiro atoms. The molecule has 4 nitrogen and oxygen atoms in total. The number of amides is 1. The van der Waals surface area contributed by atoms with Crippen LogP contribution in [0.5, 0.6) is 0 Å². The minimum atomic E-state index is -0.0260. The first-order valence-electron chi connectivity index (χ1n) is 11.1. The number of fused-ring (bicyclic) bond motifs is 1. The van der Waals surface area contributed by atoms with Crippen molar-refractivity contribution >= 4 is 44.9 Å². The van der Waals surface area contributed by atoms with Crippen molar-refractivity contribution in [2.24, 2.45) is 10.2 Å². The maximum Gasteiger partial charge on any atom is 0.234 e. The third kappa shape index (κ3) is 4.09. The van der Waals surface area contributed by atoms with Gasteiger partial charge in [0.1, 0.15) is 5.04 Å². The Morgan fingerprint density at radius 2 is 1.69 bits per heavy atom. The second-order valence-corrected chi connectivity index (χ2v) is 9.83. The first-order chi connectivity index (χ1) is 15.5. The number of carbonyl (C=O) groups excluding carboxylic acids is 1. The third-order valence-corrected chi connectivity index (χ3v) is 7.32. The summed E-state index contributed by atoms with van der Waals surface area (Å²) in [5.74, 6) is 0.987. The van der Waals surface area contributed by atoms with Crippen LogP contribution < -0.4 is 5.32 Å².